The number of carbonyl (C=O) groups excluding carboxylic acids is 1. The van der Waals surface area contributed by atoms with Crippen molar-refractivity contribution in [3.8, 4) is 0 Å². The average Bonchev–Trinajstić information content (AvgIpc) is 2.75. The second kappa shape index (κ2) is 7.76. The van der Waals surface area contributed by atoms with Gasteiger partial charge in [-0.15, -0.1) is 11.6 Å². The number of nitrogens with zero attached hydrogens (tertiary/aromatic N) is 1. The summed E-state index contributed by atoms with van der Waals surface area (Å²) >= 11 is 6.39. The molecule has 0 aliphatic carbocycles. The lowest BCUT2D eigenvalue weighted by Gasteiger charge is -2.43. The molecule has 2 heterocycles. The quantitative estimate of drug-likeness (QED) is 0.356. The Kier molecular flexibility index (Phi) is 5.16. The number of carbonyl (C=O) groups is 1. The minimum Gasteiger partial charge on any atom is -0.464 e. The molecule has 1 aliphatic rings. The predicted octanol–water partition coefficient (Wildman–Crippen LogP) is 4.37. The molecule has 0 N–H and O–H groups in total. The zero-order valence-electron chi connectivity index (χ0n) is 15.9. The van der Waals surface area contributed by atoms with E-state index in [1.807, 2.05) is 47.4 Å². The van der Waals surface area contributed by atoms with Crippen LogP contribution in [-0.4, -0.2) is 24.0 Å². The Labute approximate surface area is 173 Å². The minimum absolute atomic E-state index is 0.0246. The normalized spacial score (nSPS) is 17.9. The molecule has 0 amide bonds. The fourth-order valence-corrected chi connectivity index (χ4v) is 4.03. The van der Waals surface area contributed by atoms with Gasteiger partial charge in [-0.05, 0) is 36.8 Å². The molecule has 1 aliphatic heterocycles. The number of halogens is 1. The van der Waals surface area contributed by atoms with Gasteiger partial charge in [-0.2, -0.15) is 0 Å². The Balaban J connectivity index is 2.00. The molecular formula is C23H20ClNO4. The van der Waals surface area contributed by atoms with Gasteiger partial charge < -0.3 is 14.1 Å². The Hall–Kier alpha value is -3.05. The van der Waals surface area contributed by atoms with Crippen LogP contribution in [0.15, 0.2) is 69.9 Å². The van der Waals surface area contributed by atoms with Crippen molar-refractivity contribution in [2.75, 3.05) is 17.4 Å². The number of benzene rings is 2. The van der Waals surface area contributed by atoms with Crippen molar-refractivity contribution in [3.05, 3.63) is 82.2 Å². The first-order valence-corrected chi connectivity index (χ1v) is 9.94. The van der Waals surface area contributed by atoms with Crippen molar-refractivity contribution in [1.82, 2.24) is 0 Å². The zero-order chi connectivity index (χ0) is 20.4. The third-order valence-corrected chi connectivity index (χ3v) is 5.52. The lowest BCUT2D eigenvalue weighted by Crippen LogP contribution is -2.57. The van der Waals surface area contributed by atoms with Gasteiger partial charge in [-0.1, -0.05) is 42.5 Å². The molecule has 0 bridgehead atoms. The van der Waals surface area contributed by atoms with Gasteiger partial charge in [0.15, 0.2) is 5.54 Å². The van der Waals surface area contributed by atoms with E-state index in [1.54, 1.807) is 31.2 Å². The van der Waals surface area contributed by atoms with Crippen molar-refractivity contribution in [1.29, 1.82) is 0 Å². The van der Waals surface area contributed by atoms with Gasteiger partial charge in [0, 0.05) is 11.9 Å². The van der Waals surface area contributed by atoms with Crippen LogP contribution in [0.1, 0.15) is 18.1 Å². The van der Waals surface area contributed by atoms with E-state index in [-0.39, 0.29) is 12.5 Å². The van der Waals surface area contributed by atoms with Crippen LogP contribution in [-0.2, 0) is 16.1 Å². The number of ether oxygens (including phenoxy) is 1. The van der Waals surface area contributed by atoms with Crippen LogP contribution in [0.3, 0.4) is 0 Å². The maximum Gasteiger partial charge on any atom is 0.345 e. The molecule has 0 spiro atoms. The van der Waals surface area contributed by atoms with Crippen LogP contribution in [0.2, 0.25) is 0 Å². The minimum atomic E-state index is -1.24. The van der Waals surface area contributed by atoms with Gasteiger partial charge in [-0.3, -0.25) is 0 Å². The van der Waals surface area contributed by atoms with E-state index in [0.717, 1.165) is 10.9 Å². The van der Waals surface area contributed by atoms with Crippen LogP contribution in [0.4, 0.5) is 5.69 Å². The number of anilines is 1. The van der Waals surface area contributed by atoms with Crippen molar-refractivity contribution < 1.29 is 13.9 Å². The topological polar surface area (TPSA) is 59.8 Å². The molecule has 0 fully saturated rings. The molecule has 0 saturated heterocycles. The van der Waals surface area contributed by atoms with Crippen LogP contribution < -0.4 is 10.5 Å². The van der Waals surface area contributed by atoms with E-state index in [9.17, 15) is 9.59 Å². The maximum atomic E-state index is 13.1. The van der Waals surface area contributed by atoms with E-state index in [0.29, 0.717) is 23.4 Å². The molecule has 1 aromatic heterocycles. The highest BCUT2D eigenvalue weighted by Gasteiger charge is 2.46. The molecule has 0 saturated carbocycles. The van der Waals surface area contributed by atoms with Gasteiger partial charge >= 0.3 is 11.6 Å². The Bertz CT molecular complexity index is 1140. The summed E-state index contributed by atoms with van der Waals surface area (Å²) in [5.41, 5.74) is 0.750. The van der Waals surface area contributed by atoms with Crippen LogP contribution in [0.25, 0.3) is 17.0 Å². The molecule has 3 aromatic rings. The molecule has 4 rings (SSSR count). The van der Waals surface area contributed by atoms with Gasteiger partial charge in [-0.25, -0.2) is 9.59 Å². The Morgan fingerprint density at radius 1 is 1.14 bits per heavy atom. The predicted molar refractivity (Wildman–Crippen MR) is 114 cm³/mol. The molecule has 148 valence electrons. The third kappa shape index (κ3) is 3.21. The standard InChI is InChI=1S/C23H20ClNO4/c1-2-28-22(27)23(15-24)13-12-18-20(25(23)14-16-8-4-3-5-9-16)17-10-6-7-11-19(17)29-21(18)26/h3-13H,2,14-15H2,1H3. The van der Waals surface area contributed by atoms with Crippen molar-refractivity contribution >= 4 is 40.3 Å². The summed E-state index contributed by atoms with van der Waals surface area (Å²) in [4.78, 5) is 27.6. The summed E-state index contributed by atoms with van der Waals surface area (Å²) in [6.07, 6.45) is 3.27. The van der Waals surface area contributed by atoms with Crippen LogP contribution in [0, 0.1) is 0 Å². The SMILES string of the molecule is CCOC(=O)C1(CCl)C=Cc2c(c3ccccc3oc2=O)N1Cc1ccccc1. The molecule has 1 atom stereocenters. The molecule has 2 aromatic carbocycles. The summed E-state index contributed by atoms with van der Waals surface area (Å²) < 4.78 is 10.9. The molecule has 5 nitrogen and oxygen atoms in total. The van der Waals surface area contributed by atoms with Crippen LogP contribution in [0.5, 0.6) is 0 Å². The van der Waals surface area contributed by atoms with Crippen molar-refractivity contribution in [2.45, 2.75) is 19.0 Å². The van der Waals surface area contributed by atoms with Crippen LogP contribution >= 0.6 is 11.6 Å². The van der Waals surface area contributed by atoms with Crippen molar-refractivity contribution in [2.24, 2.45) is 0 Å². The molecule has 1 unspecified atom stereocenters. The van der Waals surface area contributed by atoms with Gasteiger partial charge in [0.1, 0.15) is 5.58 Å². The van der Waals surface area contributed by atoms with E-state index in [1.165, 1.54) is 0 Å². The zero-order valence-corrected chi connectivity index (χ0v) is 16.7. The van der Waals surface area contributed by atoms with Gasteiger partial charge in [0.05, 0.1) is 23.7 Å². The summed E-state index contributed by atoms with van der Waals surface area (Å²) in [6.45, 7) is 2.36. The number of esters is 1. The highest BCUT2D eigenvalue weighted by Crippen LogP contribution is 2.40. The number of hydrogen-bond acceptors (Lipinski definition) is 5. The van der Waals surface area contributed by atoms with Gasteiger partial charge in [0.2, 0.25) is 0 Å². The van der Waals surface area contributed by atoms with E-state index < -0.39 is 17.1 Å². The second-order valence-electron chi connectivity index (χ2n) is 6.83. The van der Waals surface area contributed by atoms with E-state index in [2.05, 4.69) is 0 Å². The molecule has 6 heteroatoms. The maximum absolute atomic E-state index is 13.1. The number of fused-ring (bicyclic) bond motifs is 3. The largest absolute Gasteiger partial charge is 0.464 e. The average molecular weight is 410 g/mol. The molecular weight excluding hydrogens is 390 g/mol. The highest BCUT2D eigenvalue weighted by atomic mass is 35.5. The first-order valence-electron chi connectivity index (χ1n) is 9.40. The van der Waals surface area contributed by atoms with Gasteiger partial charge in [0.25, 0.3) is 0 Å². The molecule has 0 radical (unpaired) electrons. The molecule has 29 heavy (non-hydrogen) atoms. The summed E-state index contributed by atoms with van der Waals surface area (Å²) in [7, 11) is 0. The summed E-state index contributed by atoms with van der Waals surface area (Å²) in [5.74, 6) is -0.478. The smallest absolute Gasteiger partial charge is 0.345 e. The monoisotopic (exact) mass is 409 g/mol. The third-order valence-electron chi connectivity index (χ3n) is 5.11. The summed E-state index contributed by atoms with van der Waals surface area (Å²) in [5, 5.41) is 0.737. The first-order chi connectivity index (χ1) is 14.1. The lowest BCUT2D eigenvalue weighted by molar-refractivity contribution is -0.147. The summed E-state index contributed by atoms with van der Waals surface area (Å²) in [6, 6.07) is 17.0. The van der Waals surface area contributed by atoms with Crippen molar-refractivity contribution in [3.63, 3.8) is 0 Å². The number of hydrogen-bond donors (Lipinski definition) is 0. The van der Waals surface area contributed by atoms with E-state index in [4.69, 9.17) is 20.8 Å². The first kappa shape index (κ1) is 19.3. The Morgan fingerprint density at radius 2 is 1.86 bits per heavy atom. The number of para-hydroxylation sites is 1. The Morgan fingerprint density at radius 3 is 2.59 bits per heavy atom. The number of rotatable bonds is 5. The fourth-order valence-electron chi connectivity index (χ4n) is 3.69. The highest BCUT2D eigenvalue weighted by molar-refractivity contribution is 6.22. The number of alkyl halides is 1. The second-order valence-corrected chi connectivity index (χ2v) is 7.10. The lowest BCUT2D eigenvalue weighted by atomic mass is 9.90. The van der Waals surface area contributed by atoms with E-state index >= 15 is 0 Å². The fraction of sp³-hybridized carbons (Fsp3) is 0.217.